The summed E-state index contributed by atoms with van der Waals surface area (Å²) in [4.78, 5) is 13.5. The van der Waals surface area contributed by atoms with Crippen LogP contribution >= 0.6 is 23.2 Å². The normalized spacial score (nSPS) is 17.7. The van der Waals surface area contributed by atoms with Crippen molar-refractivity contribution in [2.24, 2.45) is 12.5 Å². The summed E-state index contributed by atoms with van der Waals surface area (Å²) in [6.45, 7) is 18.4. The molecule has 3 aromatic rings. The molecule has 2 aliphatic rings. The van der Waals surface area contributed by atoms with Crippen LogP contribution in [0.1, 0.15) is 38.8 Å². The van der Waals surface area contributed by atoms with Crippen molar-refractivity contribution >= 4 is 37.3 Å². The number of anilines is 1. The van der Waals surface area contributed by atoms with Crippen molar-refractivity contribution in [3.8, 4) is 28.5 Å². The molecule has 252 valence electrons. The molecule has 0 bridgehead atoms. The Kier molecular flexibility index (Phi) is 9.31. The smallest absolute Gasteiger partial charge is 0.401 e. The van der Waals surface area contributed by atoms with Crippen molar-refractivity contribution in [2.75, 3.05) is 44.2 Å². The zero-order valence-corrected chi connectivity index (χ0v) is 30.5. The molecule has 2 aromatic heterocycles. The van der Waals surface area contributed by atoms with Crippen LogP contribution in [0.15, 0.2) is 18.2 Å². The molecule has 2 aliphatic heterocycles. The molecule has 8 nitrogen and oxygen atoms in total. The molecule has 0 amide bonds. The number of rotatable bonds is 9. The van der Waals surface area contributed by atoms with Gasteiger partial charge in [-0.15, -0.1) is 0 Å². The highest BCUT2D eigenvalue weighted by atomic mass is 35.5. The van der Waals surface area contributed by atoms with Crippen LogP contribution in [0.25, 0.3) is 22.8 Å². The summed E-state index contributed by atoms with van der Waals surface area (Å²) in [5, 5.41) is 5.31. The molecule has 1 aromatic carbocycles. The fourth-order valence-corrected chi connectivity index (χ4v) is 8.00. The Morgan fingerprint density at radius 2 is 1.67 bits per heavy atom. The molecule has 14 heteroatoms. The maximum Gasteiger partial charge on any atom is 0.401 e. The lowest BCUT2D eigenvalue weighted by atomic mass is 9.72. The van der Waals surface area contributed by atoms with E-state index in [-0.39, 0.29) is 16.6 Å². The zero-order chi connectivity index (χ0) is 34.0. The average Bonchev–Trinajstić information content (AvgIpc) is 3.13. The van der Waals surface area contributed by atoms with Gasteiger partial charge in [0.1, 0.15) is 18.2 Å². The van der Waals surface area contributed by atoms with Crippen LogP contribution in [-0.4, -0.2) is 84.6 Å². The highest BCUT2D eigenvalue weighted by Gasteiger charge is 2.54. The lowest BCUT2D eigenvalue weighted by molar-refractivity contribution is -0.172. The Morgan fingerprint density at radius 1 is 1.02 bits per heavy atom. The number of aryl methyl sites for hydroxylation is 1. The molecule has 0 unspecified atom stereocenters. The Balaban J connectivity index is 1.44. The van der Waals surface area contributed by atoms with Crippen LogP contribution in [0.4, 0.5) is 19.0 Å². The standard InChI is InChI=1S/C32H43Cl2F3N6O2Si/c1-19(45-46(8,9)30(4,5)6)13-44-22-10-11-24(33)23(12-22)28-38-25(26-21(3)27(34)40-41(26)7)20(2)29(39-28)43-16-31(17-43)14-42(15-31)18-32(35,36)37/h10-12,19H,13-18H2,1-9H3/t19-/m1/s1. The van der Waals surface area contributed by atoms with Crippen molar-refractivity contribution < 1.29 is 22.3 Å². The summed E-state index contributed by atoms with van der Waals surface area (Å²) in [5.41, 5.74) is 3.44. The van der Waals surface area contributed by atoms with Crippen molar-refractivity contribution in [1.29, 1.82) is 0 Å². The first kappa shape index (κ1) is 34.9. The second-order valence-electron chi connectivity index (χ2n) is 14.5. The van der Waals surface area contributed by atoms with E-state index in [1.54, 1.807) is 10.7 Å². The van der Waals surface area contributed by atoms with Crippen molar-refractivity contribution in [1.82, 2.24) is 24.6 Å². The molecule has 46 heavy (non-hydrogen) atoms. The molecule has 0 aliphatic carbocycles. The van der Waals surface area contributed by atoms with Crippen LogP contribution in [0.2, 0.25) is 28.3 Å². The number of likely N-dealkylation sites (tertiary alicyclic amines) is 1. The fraction of sp³-hybridized carbons (Fsp3) is 0.594. The fourth-order valence-electron chi connectivity index (χ4n) is 6.17. The number of hydrogen-bond acceptors (Lipinski definition) is 7. The minimum atomic E-state index is -4.20. The van der Waals surface area contributed by atoms with Crippen LogP contribution in [0.3, 0.4) is 0 Å². The van der Waals surface area contributed by atoms with Gasteiger partial charge >= 0.3 is 6.18 Å². The second-order valence-corrected chi connectivity index (χ2v) is 20.0. The van der Waals surface area contributed by atoms with E-state index in [9.17, 15) is 13.2 Å². The summed E-state index contributed by atoms with van der Waals surface area (Å²) >= 11 is 13.2. The maximum atomic E-state index is 12.9. The molecule has 1 atom stereocenters. The van der Waals surface area contributed by atoms with E-state index in [4.69, 9.17) is 42.3 Å². The van der Waals surface area contributed by atoms with Gasteiger partial charge in [0.05, 0.1) is 29.1 Å². The SMILES string of the molecule is Cc1c(-c2c(C)c(Cl)nn2C)nc(-c2cc(OC[C@@H](C)O[Si](C)(C)C(C)(C)C)ccc2Cl)nc1N1CC2(CN(CC(F)(F)F)C2)C1. The third-order valence-corrected chi connectivity index (χ3v) is 14.7. The average molecular weight is 700 g/mol. The Labute approximate surface area is 280 Å². The molecular formula is C32H43Cl2F3N6O2Si. The molecule has 5 rings (SSSR count). The number of aromatic nitrogens is 4. The molecule has 4 heterocycles. The third-order valence-electron chi connectivity index (χ3n) is 9.41. The highest BCUT2D eigenvalue weighted by molar-refractivity contribution is 6.74. The monoisotopic (exact) mass is 698 g/mol. The molecule has 0 N–H and O–H groups in total. The molecule has 0 saturated carbocycles. The summed E-state index contributed by atoms with van der Waals surface area (Å²) in [5.74, 6) is 1.72. The van der Waals surface area contributed by atoms with Crippen LogP contribution in [-0.2, 0) is 11.5 Å². The largest absolute Gasteiger partial charge is 0.491 e. The van der Waals surface area contributed by atoms with E-state index in [2.05, 4.69) is 43.9 Å². The van der Waals surface area contributed by atoms with Gasteiger partial charge in [0.15, 0.2) is 19.3 Å². The third kappa shape index (κ3) is 7.06. The minimum Gasteiger partial charge on any atom is -0.491 e. The van der Waals surface area contributed by atoms with Crippen LogP contribution < -0.4 is 9.64 Å². The summed E-state index contributed by atoms with van der Waals surface area (Å²) in [6, 6.07) is 5.41. The highest BCUT2D eigenvalue weighted by Crippen LogP contribution is 2.45. The van der Waals surface area contributed by atoms with E-state index in [1.807, 2.05) is 40.0 Å². The Morgan fingerprint density at radius 3 is 2.24 bits per heavy atom. The predicted molar refractivity (Wildman–Crippen MR) is 180 cm³/mol. The minimum absolute atomic E-state index is 0.0839. The number of alkyl halides is 3. The number of halogens is 5. The summed E-state index contributed by atoms with van der Waals surface area (Å²) in [6.07, 6.45) is -4.31. The summed E-state index contributed by atoms with van der Waals surface area (Å²) < 4.78 is 53.1. The first-order valence-corrected chi connectivity index (χ1v) is 19.1. The topological polar surface area (TPSA) is 68.5 Å². The summed E-state index contributed by atoms with van der Waals surface area (Å²) in [7, 11) is -0.153. The first-order chi connectivity index (χ1) is 21.2. The van der Waals surface area contributed by atoms with Crippen LogP contribution in [0, 0.1) is 19.3 Å². The molecule has 2 saturated heterocycles. The Hall–Kier alpha value is -2.38. The van der Waals surface area contributed by atoms with Gasteiger partial charge in [0.2, 0.25) is 0 Å². The number of benzene rings is 1. The van der Waals surface area contributed by atoms with Crippen molar-refractivity contribution in [2.45, 2.75) is 72.0 Å². The molecule has 2 fully saturated rings. The second kappa shape index (κ2) is 12.3. The van der Waals surface area contributed by atoms with Gasteiger partial charge < -0.3 is 14.1 Å². The van der Waals surface area contributed by atoms with Crippen molar-refractivity contribution in [3.05, 3.63) is 39.5 Å². The molecular weight excluding hydrogens is 656 g/mol. The van der Waals surface area contributed by atoms with E-state index < -0.39 is 21.0 Å². The number of hydrogen-bond donors (Lipinski definition) is 0. The van der Waals surface area contributed by atoms with E-state index in [0.717, 1.165) is 16.8 Å². The van der Waals surface area contributed by atoms with Gasteiger partial charge in [-0.3, -0.25) is 9.58 Å². The van der Waals surface area contributed by atoms with E-state index in [1.165, 1.54) is 4.90 Å². The van der Waals surface area contributed by atoms with E-state index in [0.29, 0.717) is 71.6 Å². The number of ether oxygens (including phenoxy) is 1. The number of nitrogens with zero attached hydrogens (tertiary/aromatic N) is 6. The zero-order valence-electron chi connectivity index (χ0n) is 27.9. The lowest BCUT2D eigenvalue weighted by Gasteiger charge is -2.61. The van der Waals surface area contributed by atoms with Gasteiger partial charge in [-0.2, -0.15) is 18.3 Å². The van der Waals surface area contributed by atoms with Gasteiger partial charge in [-0.1, -0.05) is 44.0 Å². The maximum absolute atomic E-state index is 12.9. The lowest BCUT2D eigenvalue weighted by Crippen LogP contribution is -2.73. The Bertz CT molecular complexity index is 1610. The van der Waals surface area contributed by atoms with Gasteiger partial charge in [-0.05, 0) is 57.1 Å². The van der Waals surface area contributed by atoms with Gasteiger partial charge in [0, 0.05) is 55.3 Å². The van der Waals surface area contributed by atoms with Crippen molar-refractivity contribution in [3.63, 3.8) is 0 Å². The van der Waals surface area contributed by atoms with Gasteiger partial charge in [-0.25, -0.2) is 9.97 Å². The quantitative estimate of drug-likeness (QED) is 0.210. The van der Waals surface area contributed by atoms with Crippen LogP contribution in [0.5, 0.6) is 5.75 Å². The van der Waals surface area contributed by atoms with Gasteiger partial charge in [0.25, 0.3) is 0 Å². The predicted octanol–water partition coefficient (Wildman–Crippen LogP) is 7.94. The first-order valence-electron chi connectivity index (χ1n) is 15.4. The molecule has 1 spiro atoms. The molecule has 0 radical (unpaired) electrons. The van der Waals surface area contributed by atoms with E-state index >= 15 is 0 Å².